The Bertz CT molecular complexity index is 743. The highest BCUT2D eigenvalue weighted by atomic mass is 35.5. The van der Waals surface area contributed by atoms with Crippen molar-refractivity contribution in [3.63, 3.8) is 0 Å². The van der Waals surface area contributed by atoms with Gasteiger partial charge in [-0.25, -0.2) is 0 Å². The molecule has 1 aromatic carbocycles. The number of hydrogen-bond donors (Lipinski definition) is 0. The van der Waals surface area contributed by atoms with Gasteiger partial charge in [-0.15, -0.1) is 0 Å². The van der Waals surface area contributed by atoms with Crippen LogP contribution >= 0.6 is 11.6 Å². The molecule has 0 radical (unpaired) electrons. The quantitative estimate of drug-likeness (QED) is 0.746. The molecular weight excluding hydrogens is 350 g/mol. The van der Waals surface area contributed by atoms with Gasteiger partial charge in [-0.05, 0) is 37.1 Å². The van der Waals surface area contributed by atoms with Gasteiger partial charge in [-0.2, -0.15) is 4.98 Å². The Morgan fingerprint density at radius 3 is 2.46 bits per heavy atom. The van der Waals surface area contributed by atoms with Crippen LogP contribution in [0.15, 0.2) is 28.8 Å². The van der Waals surface area contributed by atoms with Crippen LogP contribution in [0.2, 0.25) is 5.02 Å². The zero-order valence-electron chi connectivity index (χ0n) is 15.7. The summed E-state index contributed by atoms with van der Waals surface area (Å²) in [6.07, 6.45) is 5.66. The number of carbonyl (C=O) groups excluding carboxylic acids is 1. The van der Waals surface area contributed by atoms with Crippen molar-refractivity contribution in [1.29, 1.82) is 0 Å². The predicted octanol–water partition coefficient (Wildman–Crippen LogP) is 5.10. The number of amides is 1. The van der Waals surface area contributed by atoms with Gasteiger partial charge in [0.25, 0.3) is 0 Å². The van der Waals surface area contributed by atoms with E-state index in [9.17, 15) is 4.79 Å². The lowest BCUT2D eigenvalue weighted by Gasteiger charge is -2.37. The van der Waals surface area contributed by atoms with Crippen molar-refractivity contribution in [3.8, 4) is 11.4 Å². The Balaban J connectivity index is 1.80. The molecule has 1 heterocycles. The number of benzene rings is 1. The summed E-state index contributed by atoms with van der Waals surface area (Å²) in [5.41, 5.74) is 0.409. The summed E-state index contributed by atoms with van der Waals surface area (Å²) in [5, 5.41) is 4.73. The fraction of sp³-hybridized carbons (Fsp3) is 0.550. The topological polar surface area (TPSA) is 59.2 Å². The van der Waals surface area contributed by atoms with Crippen LogP contribution in [0.5, 0.6) is 0 Å². The lowest BCUT2D eigenvalue weighted by atomic mass is 9.89. The van der Waals surface area contributed by atoms with Gasteiger partial charge in [0.1, 0.15) is 6.54 Å². The third-order valence-corrected chi connectivity index (χ3v) is 5.05. The summed E-state index contributed by atoms with van der Waals surface area (Å²) in [5.74, 6) is 1.12. The standard InChI is InChI=1S/C20H26ClN3O2/c1-20(2,3)19(25)24(16-7-5-4-6-8-16)13-17-22-18(23-26-17)14-9-11-15(21)12-10-14/h9-12,16H,4-8,13H2,1-3H3. The fourth-order valence-corrected chi connectivity index (χ4v) is 3.50. The first-order chi connectivity index (χ1) is 12.3. The van der Waals surface area contributed by atoms with E-state index in [0.29, 0.717) is 23.3 Å². The molecule has 0 aliphatic heterocycles. The Hall–Kier alpha value is -1.88. The van der Waals surface area contributed by atoms with E-state index in [1.807, 2.05) is 37.8 Å². The van der Waals surface area contributed by atoms with Gasteiger partial charge < -0.3 is 9.42 Å². The molecule has 0 bridgehead atoms. The van der Waals surface area contributed by atoms with Gasteiger partial charge in [0.15, 0.2) is 0 Å². The summed E-state index contributed by atoms with van der Waals surface area (Å²) in [4.78, 5) is 19.4. The Labute approximate surface area is 159 Å². The average Bonchev–Trinajstić information content (AvgIpc) is 3.08. The largest absolute Gasteiger partial charge is 0.337 e. The van der Waals surface area contributed by atoms with Crippen LogP contribution < -0.4 is 0 Å². The van der Waals surface area contributed by atoms with E-state index < -0.39 is 5.41 Å². The lowest BCUT2D eigenvalue weighted by Crippen LogP contribution is -2.46. The number of carbonyl (C=O) groups is 1. The average molecular weight is 376 g/mol. The minimum Gasteiger partial charge on any atom is -0.337 e. The van der Waals surface area contributed by atoms with Crippen molar-refractivity contribution < 1.29 is 9.32 Å². The van der Waals surface area contributed by atoms with Gasteiger partial charge in [0.2, 0.25) is 17.6 Å². The van der Waals surface area contributed by atoms with E-state index in [0.717, 1.165) is 18.4 Å². The first-order valence-electron chi connectivity index (χ1n) is 9.24. The molecule has 2 aromatic rings. The van der Waals surface area contributed by atoms with E-state index in [1.165, 1.54) is 19.3 Å². The van der Waals surface area contributed by atoms with Crippen LogP contribution in [0.1, 0.15) is 58.8 Å². The maximum absolute atomic E-state index is 13.0. The monoisotopic (exact) mass is 375 g/mol. The summed E-state index contributed by atoms with van der Waals surface area (Å²) in [6.45, 7) is 6.23. The number of aromatic nitrogens is 2. The SMILES string of the molecule is CC(C)(C)C(=O)N(Cc1nc(-c2ccc(Cl)cc2)no1)C1CCCCC1. The summed E-state index contributed by atoms with van der Waals surface area (Å²) in [6, 6.07) is 7.56. The molecule has 1 amide bonds. The molecule has 26 heavy (non-hydrogen) atoms. The van der Waals surface area contributed by atoms with Crippen molar-refractivity contribution in [2.24, 2.45) is 5.41 Å². The third kappa shape index (κ3) is 4.44. The van der Waals surface area contributed by atoms with E-state index in [2.05, 4.69) is 10.1 Å². The van der Waals surface area contributed by atoms with Gasteiger partial charge in [0, 0.05) is 22.0 Å². The molecule has 1 aliphatic carbocycles. The molecule has 1 aromatic heterocycles. The summed E-state index contributed by atoms with van der Waals surface area (Å²) < 4.78 is 5.45. The highest BCUT2D eigenvalue weighted by Gasteiger charge is 2.33. The minimum atomic E-state index is -0.434. The molecule has 0 atom stereocenters. The maximum Gasteiger partial charge on any atom is 0.246 e. The first-order valence-corrected chi connectivity index (χ1v) is 9.62. The number of hydrogen-bond acceptors (Lipinski definition) is 4. The zero-order valence-corrected chi connectivity index (χ0v) is 16.4. The molecule has 1 saturated carbocycles. The smallest absolute Gasteiger partial charge is 0.246 e. The van der Waals surface area contributed by atoms with E-state index >= 15 is 0 Å². The normalized spacial score (nSPS) is 15.8. The highest BCUT2D eigenvalue weighted by molar-refractivity contribution is 6.30. The van der Waals surface area contributed by atoms with Crippen LogP contribution in [0.4, 0.5) is 0 Å². The fourth-order valence-electron chi connectivity index (χ4n) is 3.37. The van der Waals surface area contributed by atoms with E-state index in [1.54, 1.807) is 12.1 Å². The highest BCUT2D eigenvalue weighted by Crippen LogP contribution is 2.29. The van der Waals surface area contributed by atoms with Crippen LogP contribution in [0.25, 0.3) is 11.4 Å². The second-order valence-corrected chi connectivity index (χ2v) is 8.43. The summed E-state index contributed by atoms with van der Waals surface area (Å²) in [7, 11) is 0. The zero-order chi connectivity index (χ0) is 18.7. The molecule has 140 valence electrons. The van der Waals surface area contributed by atoms with Crippen molar-refractivity contribution >= 4 is 17.5 Å². The Morgan fingerprint density at radius 1 is 1.19 bits per heavy atom. The lowest BCUT2D eigenvalue weighted by molar-refractivity contribution is -0.143. The van der Waals surface area contributed by atoms with Gasteiger partial charge >= 0.3 is 0 Å². The van der Waals surface area contributed by atoms with Crippen LogP contribution in [0.3, 0.4) is 0 Å². The maximum atomic E-state index is 13.0. The molecule has 1 aliphatic rings. The van der Waals surface area contributed by atoms with Crippen molar-refractivity contribution in [3.05, 3.63) is 35.2 Å². The number of rotatable bonds is 4. The van der Waals surface area contributed by atoms with Crippen LogP contribution in [-0.4, -0.2) is 27.0 Å². The Morgan fingerprint density at radius 2 is 1.85 bits per heavy atom. The molecule has 5 nitrogen and oxygen atoms in total. The third-order valence-electron chi connectivity index (χ3n) is 4.79. The number of halogens is 1. The predicted molar refractivity (Wildman–Crippen MR) is 102 cm³/mol. The van der Waals surface area contributed by atoms with Crippen molar-refractivity contribution in [1.82, 2.24) is 15.0 Å². The second kappa shape index (κ2) is 7.78. The molecule has 1 fully saturated rings. The van der Waals surface area contributed by atoms with E-state index in [4.69, 9.17) is 16.1 Å². The van der Waals surface area contributed by atoms with Crippen molar-refractivity contribution in [2.75, 3.05) is 0 Å². The van der Waals surface area contributed by atoms with Gasteiger partial charge in [0.05, 0.1) is 0 Å². The molecule has 0 spiro atoms. The molecule has 6 heteroatoms. The molecule has 0 unspecified atom stereocenters. The molecule has 0 saturated heterocycles. The summed E-state index contributed by atoms with van der Waals surface area (Å²) >= 11 is 5.93. The van der Waals surface area contributed by atoms with Crippen LogP contribution in [-0.2, 0) is 11.3 Å². The molecule has 3 rings (SSSR count). The van der Waals surface area contributed by atoms with Gasteiger partial charge in [-0.3, -0.25) is 4.79 Å². The minimum absolute atomic E-state index is 0.135. The first kappa shape index (κ1) is 18.9. The number of nitrogens with zero attached hydrogens (tertiary/aromatic N) is 3. The molecular formula is C20H26ClN3O2. The van der Waals surface area contributed by atoms with Gasteiger partial charge in [-0.1, -0.05) is 56.8 Å². The van der Waals surface area contributed by atoms with Crippen LogP contribution in [0, 0.1) is 5.41 Å². The molecule has 0 N–H and O–H groups in total. The van der Waals surface area contributed by atoms with Crippen molar-refractivity contribution in [2.45, 2.75) is 65.5 Å². The Kier molecular flexibility index (Phi) is 5.66. The van der Waals surface area contributed by atoms with E-state index in [-0.39, 0.29) is 11.9 Å². The second-order valence-electron chi connectivity index (χ2n) is 7.99.